The number of carbonyl (C=O) groups excluding carboxylic acids is 1. The van der Waals surface area contributed by atoms with Crippen LogP contribution < -0.4 is 10.6 Å². The van der Waals surface area contributed by atoms with Crippen molar-refractivity contribution in [1.29, 1.82) is 0 Å². The van der Waals surface area contributed by atoms with E-state index in [0.29, 0.717) is 12.1 Å². The predicted octanol–water partition coefficient (Wildman–Crippen LogP) is 2.89. The highest BCUT2D eigenvalue weighted by molar-refractivity contribution is 6.00. The molecule has 2 amide bonds. The van der Waals surface area contributed by atoms with Gasteiger partial charge in [0.2, 0.25) is 0 Å². The predicted molar refractivity (Wildman–Crippen MR) is 85.2 cm³/mol. The van der Waals surface area contributed by atoms with Gasteiger partial charge in [-0.25, -0.2) is 4.79 Å². The van der Waals surface area contributed by atoms with Gasteiger partial charge in [-0.3, -0.25) is 0 Å². The summed E-state index contributed by atoms with van der Waals surface area (Å²) >= 11 is 0. The van der Waals surface area contributed by atoms with E-state index in [2.05, 4.69) is 10.6 Å². The molecule has 1 aliphatic rings. The van der Waals surface area contributed by atoms with Gasteiger partial charge in [0.25, 0.3) is 0 Å². The number of nitrogens with one attached hydrogen (secondary N) is 2. The zero-order valence-electron chi connectivity index (χ0n) is 12.0. The zero-order valence-corrected chi connectivity index (χ0v) is 12.0. The zero-order chi connectivity index (χ0) is 15.5. The molecule has 2 aromatic rings. The Balaban J connectivity index is 1.73. The van der Waals surface area contributed by atoms with Gasteiger partial charge in [-0.15, -0.1) is 0 Å². The molecule has 0 spiro atoms. The van der Waals surface area contributed by atoms with Gasteiger partial charge in [-0.05, 0) is 54.3 Å². The fraction of sp³-hybridized carbons (Fsp3) is 0.235. The third-order valence-corrected chi connectivity index (χ3v) is 3.83. The summed E-state index contributed by atoms with van der Waals surface area (Å²) in [5, 5.41) is 24.6. The third kappa shape index (κ3) is 3.20. The van der Waals surface area contributed by atoms with Crippen molar-refractivity contribution in [2.45, 2.75) is 25.4 Å². The van der Waals surface area contributed by atoms with E-state index in [1.807, 2.05) is 18.2 Å². The van der Waals surface area contributed by atoms with E-state index in [0.717, 1.165) is 24.1 Å². The second-order valence-corrected chi connectivity index (χ2v) is 5.47. The number of fused-ring (bicyclic) bond motifs is 1. The van der Waals surface area contributed by atoms with Crippen LogP contribution in [0.3, 0.4) is 0 Å². The molecule has 1 unspecified atom stereocenters. The molecule has 1 aliphatic carbocycles. The summed E-state index contributed by atoms with van der Waals surface area (Å²) in [6, 6.07) is 11.7. The Kier molecular flexibility index (Phi) is 3.98. The van der Waals surface area contributed by atoms with Crippen LogP contribution in [-0.2, 0) is 12.8 Å². The molecule has 5 heteroatoms. The Morgan fingerprint density at radius 3 is 2.64 bits per heavy atom. The first-order valence-corrected chi connectivity index (χ1v) is 7.27. The van der Waals surface area contributed by atoms with Crippen molar-refractivity contribution in [1.82, 2.24) is 0 Å². The number of hydrogen-bond acceptors (Lipinski definition) is 3. The summed E-state index contributed by atoms with van der Waals surface area (Å²) in [6.07, 6.45) is 1.79. The number of hydrogen-bond donors (Lipinski definition) is 4. The highest BCUT2D eigenvalue weighted by Crippen LogP contribution is 2.28. The summed E-state index contributed by atoms with van der Waals surface area (Å²) in [4.78, 5) is 12.1. The molecule has 0 heterocycles. The Labute approximate surface area is 128 Å². The molecule has 0 fully saturated rings. The largest absolute Gasteiger partial charge is 0.508 e. The van der Waals surface area contributed by atoms with Crippen LogP contribution in [0.5, 0.6) is 5.75 Å². The lowest BCUT2D eigenvalue weighted by molar-refractivity contribution is 0.159. The highest BCUT2D eigenvalue weighted by Gasteiger charge is 2.19. The van der Waals surface area contributed by atoms with Crippen molar-refractivity contribution < 1.29 is 15.0 Å². The SMILES string of the molecule is O=C(Nc1ccc(O)cc1)Nc1cccc2c1CC(O)CC2. The van der Waals surface area contributed by atoms with E-state index in [1.54, 1.807) is 12.1 Å². The minimum Gasteiger partial charge on any atom is -0.508 e. The average Bonchev–Trinajstić information content (AvgIpc) is 2.50. The monoisotopic (exact) mass is 298 g/mol. The number of aliphatic hydroxyl groups excluding tert-OH is 1. The quantitative estimate of drug-likeness (QED) is 0.643. The molecular weight excluding hydrogens is 280 g/mol. The molecule has 0 saturated heterocycles. The Hall–Kier alpha value is -2.53. The Morgan fingerprint density at radius 1 is 1.09 bits per heavy atom. The summed E-state index contributed by atoms with van der Waals surface area (Å²) < 4.78 is 0. The fourth-order valence-electron chi connectivity index (χ4n) is 2.72. The molecule has 22 heavy (non-hydrogen) atoms. The number of benzene rings is 2. The maximum Gasteiger partial charge on any atom is 0.323 e. The molecule has 5 nitrogen and oxygen atoms in total. The minimum atomic E-state index is -0.351. The number of rotatable bonds is 2. The molecule has 2 aromatic carbocycles. The number of phenols is 1. The minimum absolute atomic E-state index is 0.150. The topological polar surface area (TPSA) is 81.6 Å². The second kappa shape index (κ2) is 6.07. The third-order valence-electron chi connectivity index (χ3n) is 3.83. The van der Waals surface area contributed by atoms with E-state index in [-0.39, 0.29) is 17.9 Å². The van der Waals surface area contributed by atoms with Crippen molar-refractivity contribution in [2.24, 2.45) is 0 Å². The number of aromatic hydroxyl groups is 1. The number of amides is 2. The number of phenolic OH excluding ortho intramolecular Hbond substituents is 1. The van der Waals surface area contributed by atoms with Crippen LogP contribution in [-0.4, -0.2) is 22.3 Å². The lowest BCUT2D eigenvalue weighted by atomic mass is 9.88. The Morgan fingerprint density at radius 2 is 1.86 bits per heavy atom. The number of anilines is 2. The fourth-order valence-corrected chi connectivity index (χ4v) is 2.72. The van der Waals surface area contributed by atoms with Crippen LogP contribution in [0, 0.1) is 0 Å². The van der Waals surface area contributed by atoms with Crippen molar-refractivity contribution in [3.63, 3.8) is 0 Å². The van der Waals surface area contributed by atoms with Crippen LogP contribution in [0.4, 0.5) is 16.2 Å². The summed E-state index contributed by atoms with van der Waals surface area (Å²) in [5.41, 5.74) is 3.50. The van der Waals surface area contributed by atoms with E-state index < -0.39 is 0 Å². The van der Waals surface area contributed by atoms with Crippen LogP contribution >= 0.6 is 0 Å². The molecule has 4 N–H and O–H groups in total. The average molecular weight is 298 g/mol. The molecule has 0 radical (unpaired) electrons. The molecule has 0 saturated carbocycles. The van der Waals surface area contributed by atoms with Crippen molar-refractivity contribution in [2.75, 3.05) is 10.6 Å². The van der Waals surface area contributed by atoms with E-state index in [4.69, 9.17) is 0 Å². The van der Waals surface area contributed by atoms with Gasteiger partial charge < -0.3 is 20.8 Å². The van der Waals surface area contributed by atoms with Gasteiger partial charge in [-0.1, -0.05) is 12.1 Å². The number of aryl methyl sites for hydroxylation is 1. The van der Waals surface area contributed by atoms with Crippen molar-refractivity contribution >= 4 is 17.4 Å². The maximum absolute atomic E-state index is 12.1. The van der Waals surface area contributed by atoms with E-state index in [1.165, 1.54) is 17.7 Å². The van der Waals surface area contributed by atoms with Gasteiger partial charge in [0.15, 0.2) is 0 Å². The molecule has 1 atom stereocenters. The van der Waals surface area contributed by atoms with Gasteiger partial charge >= 0.3 is 6.03 Å². The molecule has 0 aliphatic heterocycles. The number of urea groups is 1. The second-order valence-electron chi connectivity index (χ2n) is 5.47. The van der Waals surface area contributed by atoms with Crippen molar-refractivity contribution in [3.05, 3.63) is 53.6 Å². The molecule has 0 bridgehead atoms. The van der Waals surface area contributed by atoms with Gasteiger partial charge in [0.1, 0.15) is 5.75 Å². The standard InChI is InChI=1S/C17H18N2O3/c20-13-8-5-12(6-9-13)18-17(22)19-16-3-1-2-11-4-7-14(21)10-15(11)16/h1-3,5-6,8-9,14,20-21H,4,7,10H2,(H2,18,19,22). The first kappa shape index (κ1) is 14.4. The number of aliphatic hydroxyl groups is 1. The first-order valence-electron chi connectivity index (χ1n) is 7.27. The molecule has 114 valence electrons. The van der Waals surface area contributed by atoms with Crippen LogP contribution in [0.1, 0.15) is 17.5 Å². The van der Waals surface area contributed by atoms with E-state index in [9.17, 15) is 15.0 Å². The van der Waals surface area contributed by atoms with Gasteiger partial charge in [0, 0.05) is 17.8 Å². The van der Waals surface area contributed by atoms with Crippen LogP contribution in [0.2, 0.25) is 0 Å². The summed E-state index contributed by atoms with van der Waals surface area (Å²) in [5.74, 6) is 0.150. The summed E-state index contributed by atoms with van der Waals surface area (Å²) in [7, 11) is 0. The maximum atomic E-state index is 12.1. The smallest absolute Gasteiger partial charge is 0.323 e. The highest BCUT2D eigenvalue weighted by atomic mass is 16.3. The van der Waals surface area contributed by atoms with Gasteiger partial charge in [0.05, 0.1) is 6.10 Å². The summed E-state index contributed by atoms with van der Waals surface area (Å²) in [6.45, 7) is 0. The Bertz CT molecular complexity index is 683. The van der Waals surface area contributed by atoms with Crippen molar-refractivity contribution in [3.8, 4) is 5.75 Å². The normalized spacial score (nSPS) is 16.7. The van der Waals surface area contributed by atoms with Crippen LogP contribution in [0.25, 0.3) is 0 Å². The lowest BCUT2D eigenvalue weighted by Gasteiger charge is -2.23. The van der Waals surface area contributed by atoms with Gasteiger partial charge in [-0.2, -0.15) is 0 Å². The van der Waals surface area contributed by atoms with E-state index >= 15 is 0 Å². The number of carbonyl (C=O) groups is 1. The molecule has 0 aromatic heterocycles. The molecular formula is C17H18N2O3. The van der Waals surface area contributed by atoms with Crippen LogP contribution in [0.15, 0.2) is 42.5 Å². The first-order chi connectivity index (χ1) is 10.6. The lowest BCUT2D eigenvalue weighted by Crippen LogP contribution is -2.24. The molecule has 3 rings (SSSR count).